The van der Waals surface area contributed by atoms with E-state index in [0.29, 0.717) is 24.3 Å². The van der Waals surface area contributed by atoms with Crippen LogP contribution in [0.3, 0.4) is 0 Å². The lowest BCUT2D eigenvalue weighted by Crippen LogP contribution is -2.30. The molecule has 6 nitrogen and oxygen atoms in total. The van der Waals surface area contributed by atoms with E-state index in [0.717, 1.165) is 0 Å². The molecule has 0 aliphatic heterocycles. The predicted molar refractivity (Wildman–Crippen MR) is 65.4 cm³/mol. The van der Waals surface area contributed by atoms with E-state index >= 15 is 0 Å². The first kappa shape index (κ1) is 15.6. The fourth-order valence-corrected chi connectivity index (χ4v) is 2.94. The van der Waals surface area contributed by atoms with Crippen molar-refractivity contribution in [2.45, 2.75) is 24.9 Å². The van der Waals surface area contributed by atoms with E-state index in [1.165, 1.54) is 21.6 Å². The van der Waals surface area contributed by atoms with Gasteiger partial charge >= 0.3 is 11.9 Å². The first-order valence-corrected chi connectivity index (χ1v) is 7.15. The number of nitrogens with two attached hydrogens (primary N) is 2. The van der Waals surface area contributed by atoms with Crippen molar-refractivity contribution < 1.29 is 19.8 Å². The smallest absolute Gasteiger partial charge is 0.320 e. The fourth-order valence-electron chi connectivity index (χ4n) is 0.715. The van der Waals surface area contributed by atoms with Gasteiger partial charge in [-0.3, -0.25) is 9.59 Å². The number of hydrogen-bond acceptors (Lipinski definition) is 6. The van der Waals surface area contributed by atoms with E-state index in [1.807, 2.05) is 0 Å². The number of rotatable bonds is 9. The molecular formula is C8H16N2O4S2. The summed E-state index contributed by atoms with van der Waals surface area (Å²) in [4.78, 5) is 20.7. The molecule has 16 heavy (non-hydrogen) atoms. The van der Waals surface area contributed by atoms with Crippen molar-refractivity contribution >= 4 is 33.5 Å². The van der Waals surface area contributed by atoms with Crippen LogP contribution < -0.4 is 11.5 Å². The molecule has 0 aliphatic rings. The van der Waals surface area contributed by atoms with Gasteiger partial charge in [0.25, 0.3) is 0 Å². The van der Waals surface area contributed by atoms with E-state index in [-0.39, 0.29) is 0 Å². The summed E-state index contributed by atoms with van der Waals surface area (Å²) < 4.78 is 0. The first-order valence-electron chi connectivity index (χ1n) is 4.66. The molecule has 0 unspecified atom stereocenters. The molecule has 0 rings (SSSR count). The third-order valence-corrected chi connectivity index (χ3v) is 4.21. The van der Waals surface area contributed by atoms with Crippen molar-refractivity contribution in [3.63, 3.8) is 0 Å². The van der Waals surface area contributed by atoms with Gasteiger partial charge in [-0.1, -0.05) is 21.6 Å². The topological polar surface area (TPSA) is 127 Å². The van der Waals surface area contributed by atoms with Crippen LogP contribution in [0.1, 0.15) is 12.8 Å². The summed E-state index contributed by atoms with van der Waals surface area (Å²) in [6.07, 6.45) is 0.802. The molecule has 0 heterocycles. The normalized spacial score (nSPS) is 14.4. The molecule has 0 fully saturated rings. The highest BCUT2D eigenvalue weighted by atomic mass is 33.1. The van der Waals surface area contributed by atoms with Crippen LogP contribution in [0.2, 0.25) is 0 Å². The molecule has 8 heteroatoms. The van der Waals surface area contributed by atoms with Gasteiger partial charge < -0.3 is 21.7 Å². The number of carbonyl (C=O) groups is 2. The van der Waals surface area contributed by atoms with E-state index < -0.39 is 24.0 Å². The Morgan fingerprint density at radius 3 is 1.50 bits per heavy atom. The molecule has 0 radical (unpaired) electrons. The summed E-state index contributed by atoms with van der Waals surface area (Å²) in [7, 11) is 2.96. The van der Waals surface area contributed by atoms with Crippen molar-refractivity contribution in [3.05, 3.63) is 0 Å². The van der Waals surface area contributed by atoms with Gasteiger partial charge in [-0.05, 0) is 12.8 Å². The first-order chi connectivity index (χ1) is 7.45. The SMILES string of the molecule is N[C@H](CCSSCC[C@@H](N)C(=O)O)C(=O)O. The minimum Gasteiger partial charge on any atom is -0.480 e. The van der Waals surface area contributed by atoms with Crippen molar-refractivity contribution in [2.75, 3.05) is 11.5 Å². The van der Waals surface area contributed by atoms with Crippen LogP contribution in [0.25, 0.3) is 0 Å². The summed E-state index contributed by atoms with van der Waals surface area (Å²) >= 11 is 0. The summed E-state index contributed by atoms with van der Waals surface area (Å²) in [5.41, 5.74) is 10.6. The Labute approximate surface area is 102 Å². The highest BCUT2D eigenvalue weighted by Gasteiger charge is 2.12. The van der Waals surface area contributed by atoms with Crippen molar-refractivity contribution in [1.29, 1.82) is 0 Å². The fraction of sp³-hybridized carbons (Fsp3) is 0.750. The van der Waals surface area contributed by atoms with Crippen LogP contribution in [-0.4, -0.2) is 45.7 Å². The summed E-state index contributed by atoms with van der Waals surface area (Å²) in [6, 6.07) is -1.65. The van der Waals surface area contributed by atoms with E-state index in [9.17, 15) is 9.59 Å². The van der Waals surface area contributed by atoms with Gasteiger partial charge in [0.15, 0.2) is 0 Å². The maximum Gasteiger partial charge on any atom is 0.320 e. The molecule has 0 aromatic heterocycles. The molecule has 0 aromatic carbocycles. The zero-order chi connectivity index (χ0) is 12.6. The Morgan fingerprint density at radius 2 is 1.25 bits per heavy atom. The minimum atomic E-state index is -1.00. The standard InChI is InChI=1S/C8H16N2O4S2/c9-5(7(11)12)1-3-15-16-4-2-6(10)8(13)14/h5-6H,1-4,9-10H2,(H,11,12)(H,13,14)/t5-,6-/m1/s1. The van der Waals surface area contributed by atoms with Gasteiger partial charge in [-0.25, -0.2) is 0 Å². The molecule has 0 saturated heterocycles. The second-order valence-electron chi connectivity index (χ2n) is 3.11. The molecule has 6 N–H and O–H groups in total. The molecule has 94 valence electrons. The second-order valence-corrected chi connectivity index (χ2v) is 5.81. The Kier molecular flexibility index (Phi) is 8.44. The van der Waals surface area contributed by atoms with Crippen LogP contribution in [0.4, 0.5) is 0 Å². The third-order valence-electron chi connectivity index (χ3n) is 1.74. The quantitative estimate of drug-likeness (QED) is 0.339. The summed E-state index contributed by atoms with van der Waals surface area (Å²) in [5, 5.41) is 17.0. The average molecular weight is 268 g/mol. The van der Waals surface area contributed by atoms with Gasteiger partial charge in [-0.2, -0.15) is 0 Å². The van der Waals surface area contributed by atoms with Gasteiger partial charge in [0.05, 0.1) is 0 Å². The number of hydrogen-bond donors (Lipinski definition) is 4. The highest BCUT2D eigenvalue weighted by Crippen LogP contribution is 2.23. The van der Waals surface area contributed by atoms with Crippen LogP contribution >= 0.6 is 21.6 Å². The largest absolute Gasteiger partial charge is 0.480 e. The lowest BCUT2D eigenvalue weighted by atomic mass is 10.2. The van der Waals surface area contributed by atoms with Gasteiger partial charge in [-0.15, -0.1) is 0 Å². The lowest BCUT2D eigenvalue weighted by molar-refractivity contribution is -0.139. The van der Waals surface area contributed by atoms with Crippen molar-refractivity contribution in [1.82, 2.24) is 0 Å². The van der Waals surface area contributed by atoms with Crippen LogP contribution in [0.15, 0.2) is 0 Å². The molecular weight excluding hydrogens is 252 g/mol. The van der Waals surface area contributed by atoms with Crippen LogP contribution in [0.5, 0.6) is 0 Å². The minimum absolute atomic E-state index is 0.401. The van der Waals surface area contributed by atoms with E-state index in [4.69, 9.17) is 21.7 Å². The van der Waals surface area contributed by atoms with Gasteiger partial charge in [0, 0.05) is 11.5 Å². The molecule has 0 amide bonds. The van der Waals surface area contributed by atoms with Crippen molar-refractivity contribution in [3.8, 4) is 0 Å². The summed E-state index contributed by atoms with van der Waals surface area (Å²) in [5.74, 6) is -0.752. The molecule has 0 spiro atoms. The van der Waals surface area contributed by atoms with E-state index in [1.54, 1.807) is 0 Å². The average Bonchev–Trinajstić information content (AvgIpc) is 2.21. The number of carboxylic acid groups (broad SMARTS) is 2. The monoisotopic (exact) mass is 268 g/mol. The lowest BCUT2D eigenvalue weighted by Gasteiger charge is -2.06. The van der Waals surface area contributed by atoms with Crippen LogP contribution in [-0.2, 0) is 9.59 Å². The molecule has 2 atom stereocenters. The molecule has 0 saturated carbocycles. The summed E-state index contributed by atoms with van der Waals surface area (Å²) in [6.45, 7) is 0. The van der Waals surface area contributed by atoms with E-state index in [2.05, 4.69) is 0 Å². The number of aliphatic carboxylic acids is 2. The zero-order valence-electron chi connectivity index (χ0n) is 8.67. The zero-order valence-corrected chi connectivity index (χ0v) is 10.3. The Bertz CT molecular complexity index is 216. The maximum absolute atomic E-state index is 10.4. The molecule has 0 bridgehead atoms. The third kappa shape index (κ3) is 7.80. The predicted octanol–water partition coefficient (Wildman–Crippen LogP) is -0.0282. The second kappa shape index (κ2) is 8.68. The Balaban J connectivity index is 3.34. The number of carboxylic acids is 2. The Morgan fingerprint density at radius 1 is 0.938 bits per heavy atom. The van der Waals surface area contributed by atoms with Gasteiger partial charge in [0.1, 0.15) is 12.1 Å². The van der Waals surface area contributed by atoms with Gasteiger partial charge in [0.2, 0.25) is 0 Å². The maximum atomic E-state index is 10.4. The Hall–Kier alpha value is -0.440. The molecule has 0 aliphatic carbocycles. The molecule has 0 aromatic rings. The van der Waals surface area contributed by atoms with Crippen LogP contribution in [0, 0.1) is 0 Å². The van der Waals surface area contributed by atoms with Crippen molar-refractivity contribution in [2.24, 2.45) is 11.5 Å². The highest BCUT2D eigenvalue weighted by molar-refractivity contribution is 8.76.